The fraction of sp³-hybridized carbons (Fsp3) is 0.235. The van der Waals surface area contributed by atoms with Crippen molar-refractivity contribution in [1.29, 1.82) is 0 Å². The Bertz CT molecular complexity index is 948. The molecule has 2 heterocycles. The fourth-order valence-corrected chi connectivity index (χ4v) is 3.73. The molecular formula is C17H16Cl2N4O2S. The molecule has 1 atom stereocenters. The third kappa shape index (κ3) is 4.06. The number of hydrogen-bond donors (Lipinski definition) is 1. The number of amides is 1. The average Bonchev–Trinajstić information content (AvgIpc) is 3.02. The third-order valence-electron chi connectivity index (χ3n) is 3.69. The number of carbonyl (C=O) groups is 1. The third-order valence-corrected chi connectivity index (χ3v) is 5.23. The van der Waals surface area contributed by atoms with Gasteiger partial charge in [-0.3, -0.25) is 9.20 Å². The van der Waals surface area contributed by atoms with E-state index in [9.17, 15) is 4.79 Å². The molecule has 0 aliphatic heterocycles. The molecule has 1 amide bonds. The molecule has 0 saturated carbocycles. The summed E-state index contributed by atoms with van der Waals surface area (Å²) in [7, 11) is 1.60. The number of carbonyl (C=O) groups excluding carboxylic acids is 1. The van der Waals surface area contributed by atoms with Crippen molar-refractivity contribution in [3.63, 3.8) is 0 Å². The van der Waals surface area contributed by atoms with E-state index in [-0.39, 0.29) is 11.2 Å². The molecule has 0 spiro atoms. The van der Waals surface area contributed by atoms with E-state index in [1.165, 1.54) is 11.8 Å². The van der Waals surface area contributed by atoms with Crippen LogP contribution in [-0.2, 0) is 11.3 Å². The lowest BCUT2D eigenvalue weighted by molar-refractivity contribution is -0.120. The molecule has 0 unspecified atom stereocenters. The van der Waals surface area contributed by atoms with Crippen LogP contribution in [0.25, 0.3) is 5.65 Å². The smallest absolute Gasteiger partial charge is 0.233 e. The normalized spacial score (nSPS) is 12.2. The molecule has 0 radical (unpaired) electrons. The predicted molar refractivity (Wildman–Crippen MR) is 103 cm³/mol. The zero-order valence-electron chi connectivity index (χ0n) is 14.1. The van der Waals surface area contributed by atoms with Gasteiger partial charge in [0.2, 0.25) is 5.91 Å². The number of aromatic nitrogens is 3. The fourth-order valence-electron chi connectivity index (χ4n) is 2.37. The van der Waals surface area contributed by atoms with Crippen LogP contribution in [0, 0.1) is 0 Å². The number of thioether (sulfide) groups is 1. The van der Waals surface area contributed by atoms with E-state index >= 15 is 0 Å². The zero-order chi connectivity index (χ0) is 18.7. The number of methoxy groups -OCH3 is 1. The minimum Gasteiger partial charge on any atom is -0.496 e. The molecule has 0 aliphatic carbocycles. The van der Waals surface area contributed by atoms with Gasteiger partial charge in [0.05, 0.1) is 22.4 Å². The number of rotatable bonds is 6. The van der Waals surface area contributed by atoms with Gasteiger partial charge in [-0.25, -0.2) is 0 Å². The van der Waals surface area contributed by atoms with Crippen LogP contribution in [0.15, 0.2) is 41.7 Å². The second-order valence-corrected chi connectivity index (χ2v) is 7.62. The number of benzene rings is 1. The number of nitrogens with one attached hydrogen (secondary N) is 1. The lowest BCUT2D eigenvalue weighted by atomic mass is 10.2. The van der Waals surface area contributed by atoms with Gasteiger partial charge in [0, 0.05) is 18.3 Å². The molecule has 1 aromatic carbocycles. The van der Waals surface area contributed by atoms with E-state index in [0.717, 1.165) is 11.3 Å². The Hall–Kier alpha value is -1.96. The van der Waals surface area contributed by atoms with Crippen LogP contribution in [0.1, 0.15) is 12.5 Å². The van der Waals surface area contributed by atoms with Crippen molar-refractivity contribution >= 4 is 46.5 Å². The summed E-state index contributed by atoms with van der Waals surface area (Å²) in [6, 6.07) is 9.15. The van der Waals surface area contributed by atoms with Crippen molar-refractivity contribution in [3.05, 3.63) is 52.1 Å². The maximum atomic E-state index is 12.4. The Morgan fingerprint density at radius 1 is 1.35 bits per heavy atom. The summed E-state index contributed by atoms with van der Waals surface area (Å²) in [5, 5.41) is 12.1. The minimum absolute atomic E-state index is 0.120. The summed E-state index contributed by atoms with van der Waals surface area (Å²) in [5.41, 5.74) is 1.41. The first kappa shape index (κ1) is 18.8. The average molecular weight is 411 g/mol. The Labute approximate surface area is 164 Å². The van der Waals surface area contributed by atoms with Crippen LogP contribution in [-0.4, -0.2) is 32.9 Å². The summed E-state index contributed by atoms with van der Waals surface area (Å²) >= 11 is 13.4. The highest BCUT2D eigenvalue weighted by Gasteiger charge is 2.19. The SMILES string of the molecule is COc1ccccc1CNC(=O)[C@H](C)Sc1nnc2c(Cl)cc(Cl)cn12. The second kappa shape index (κ2) is 8.16. The Morgan fingerprint density at radius 3 is 2.88 bits per heavy atom. The van der Waals surface area contributed by atoms with Crippen molar-refractivity contribution < 1.29 is 9.53 Å². The van der Waals surface area contributed by atoms with Crippen molar-refractivity contribution in [2.45, 2.75) is 23.9 Å². The van der Waals surface area contributed by atoms with Crippen LogP contribution < -0.4 is 10.1 Å². The van der Waals surface area contributed by atoms with Crippen LogP contribution in [0.4, 0.5) is 0 Å². The quantitative estimate of drug-likeness (QED) is 0.625. The van der Waals surface area contributed by atoms with E-state index in [2.05, 4.69) is 15.5 Å². The predicted octanol–water partition coefficient (Wildman–Crippen LogP) is 3.84. The first-order valence-electron chi connectivity index (χ1n) is 7.75. The Morgan fingerprint density at radius 2 is 2.12 bits per heavy atom. The zero-order valence-corrected chi connectivity index (χ0v) is 16.4. The summed E-state index contributed by atoms with van der Waals surface area (Å²) in [6.07, 6.45) is 1.67. The molecule has 2 aromatic heterocycles. The largest absolute Gasteiger partial charge is 0.496 e. The molecule has 0 fully saturated rings. The second-order valence-electron chi connectivity index (χ2n) is 5.47. The number of hydrogen-bond acceptors (Lipinski definition) is 5. The molecule has 3 rings (SSSR count). The molecule has 0 saturated heterocycles. The first-order valence-corrected chi connectivity index (χ1v) is 9.39. The van der Waals surface area contributed by atoms with E-state index < -0.39 is 0 Å². The molecule has 6 nitrogen and oxygen atoms in total. The highest BCUT2D eigenvalue weighted by atomic mass is 35.5. The van der Waals surface area contributed by atoms with Gasteiger partial charge in [0.1, 0.15) is 5.75 Å². The highest BCUT2D eigenvalue weighted by molar-refractivity contribution is 8.00. The molecule has 1 N–H and O–H groups in total. The van der Waals surface area contributed by atoms with E-state index in [0.29, 0.717) is 27.4 Å². The number of para-hydroxylation sites is 1. The first-order chi connectivity index (χ1) is 12.5. The van der Waals surface area contributed by atoms with E-state index in [4.69, 9.17) is 27.9 Å². The molecule has 9 heteroatoms. The summed E-state index contributed by atoms with van der Waals surface area (Å²) in [4.78, 5) is 12.4. The van der Waals surface area contributed by atoms with Crippen LogP contribution in [0.2, 0.25) is 10.0 Å². The van der Waals surface area contributed by atoms with Gasteiger partial charge in [-0.05, 0) is 19.1 Å². The summed E-state index contributed by atoms with van der Waals surface area (Å²) < 4.78 is 6.97. The van der Waals surface area contributed by atoms with Crippen molar-refractivity contribution in [3.8, 4) is 5.75 Å². The lowest BCUT2D eigenvalue weighted by Gasteiger charge is -2.13. The van der Waals surface area contributed by atoms with Crippen molar-refractivity contribution in [1.82, 2.24) is 19.9 Å². The van der Waals surface area contributed by atoms with Crippen LogP contribution in [0.3, 0.4) is 0 Å². The van der Waals surface area contributed by atoms with E-state index in [1.54, 1.807) is 30.7 Å². The molecule has 3 aromatic rings. The molecule has 0 bridgehead atoms. The van der Waals surface area contributed by atoms with Gasteiger partial charge in [-0.15, -0.1) is 10.2 Å². The molecule has 26 heavy (non-hydrogen) atoms. The lowest BCUT2D eigenvalue weighted by Crippen LogP contribution is -2.30. The maximum absolute atomic E-state index is 12.4. The van der Waals surface area contributed by atoms with Gasteiger partial charge < -0.3 is 10.1 Å². The molecule has 136 valence electrons. The van der Waals surface area contributed by atoms with Gasteiger partial charge in [0.25, 0.3) is 0 Å². The van der Waals surface area contributed by atoms with E-state index in [1.807, 2.05) is 24.3 Å². The van der Waals surface area contributed by atoms with Gasteiger partial charge in [0.15, 0.2) is 10.8 Å². The van der Waals surface area contributed by atoms with Gasteiger partial charge in [-0.2, -0.15) is 0 Å². The minimum atomic E-state index is -0.380. The number of nitrogens with zero attached hydrogens (tertiary/aromatic N) is 3. The number of ether oxygens (including phenoxy) is 1. The Balaban J connectivity index is 1.68. The standard InChI is InChI=1S/C17H16Cl2N4O2S/c1-10(16(24)20-8-11-5-3-4-6-14(11)25-2)26-17-22-21-15-13(19)7-12(18)9-23(15)17/h3-7,9-10H,8H2,1-2H3,(H,20,24)/t10-/m0/s1. The number of fused-ring (bicyclic) bond motifs is 1. The summed E-state index contributed by atoms with van der Waals surface area (Å²) in [5.74, 6) is 0.617. The van der Waals surface area contributed by atoms with Crippen LogP contribution in [0.5, 0.6) is 5.75 Å². The monoisotopic (exact) mass is 410 g/mol. The van der Waals surface area contributed by atoms with Crippen LogP contribution >= 0.6 is 35.0 Å². The van der Waals surface area contributed by atoms with Crippen molar-refractivity contribution in [2.24, 2.45) is 0 Å². The van der Waals surface area contributed by atoms with Gasteiger partial charge >= 0.3 is 0 Å². The molecule has 0 aliphatic rings. The number of pyridine rings is 1. The highest BCUT2D eigenvalue weighted by Crippen LogP contribution is 2.27. The van der Waals surface area contributed by atoms with Gasteiger partial charge in [-0.1, -0.05) is 53.2 Å². The number of halogens is 2. The maximum Gasteiger partial charge on any atom is 0.233 e. The Kier molecular flexibility index (Phi) is 5.90. The van der Waals surface area contributed by atoms with Crippen molar-refractivity contribution in [2.75, 3.05) is 7.11 Å². The topological polar surface area (TPSA) is 68.5 Å². The molecular weight excluding hydrogens is 395 g/mol. The summed E-state index contributed by atoms with van der Waals surface area (Å²) in [6.45, 7) is 2.18.